The highest BCUT2D eigenvalue weighted by Crippen LogP contribution is 2.29. The molecule has 0 aliphatic carbocycles. The summed E-state index contributed by atoms with van der Waals surface area (Å²) in [6.07, 6.45) is 2.01. The molecule has 0 spiro atoms. The van der Waals surface area contributed by atoms with E-state index in [1.165, 1.54) is 23.1 Å². The van der Waals surface area contributed by atoms with Crippen LogP contribution in [0.5, 0.6) is 0 Å². The molecular formula is C23H21N7OS3. The zero-order valence-electron chi connectivity index (χ0n) is 18.5. The van der Waals surface area contributed by atoms with E-state index in [-0.39, 0.29) is 5.91 Å². The number of benzene rings is 2. The van der Waals surface area contributed by atoms with Gasteiger partial charge >= 0.3 is 0 Å². The van der Waals surface area contributed by atoms with Crippen LogP contribution >= 0.6 is 34.9 Å². The van der Waals surface area contributed by atoms with E-state index < -0.39 is 0 Å². The van der Waals surface area contributed by atoms with Crippen molar-refractivity contribution < 1.29 is 4.79 Å². The van der Waals surface area contributed by atoms with Crippen molar-refractivity contribution in [1.82, 2.24) is 14.5 Å². The fraction of sp³-hybridized carbons (Fsp3) is 0.174. The first-order valence-electron chi connectivity index (χ1n) is 10.5. The number of imidazole rings is 1. The minimum atomic E-state index is 0.00730. The van der Waals surface area contributed by atoms with E-state index in [0.717, 1.165) is 38.5 Å². The van der Waals surface area contributed by atoms with Crippen molar-refractivity contribution in [3.8, 4) is 5.82 Å². The molecule has 3 heterocycles. The average Bonchev–Trinajstić information content (AvgIpc) is 3.58. The Bertz CT molecular complexity index is 1390. The molecule has 0 atom stereocenters. The third kappa shape index (κ3) is 4.59. The zero-order valence-corrected chi connectivity index (χ0v) is 21.0. The normalized spacial score (nSPS) is 15.6. The van der Waals surface area contributed by atoms with Crippen LogP contribution in [-0.4, -0.2) is 49.9 Å². The van der Waals surface area contributed by atoms with Crippen molar-refractivity contribution in [2.75, 3.05) is 28.8 Å². The molecule has 2 aromatic carbocycles. The van der Waals surface area contributed by atoms with E-state index in [4.69, 9.17) is 9.97 Å². The second-order valence-corrected chi connectivity index (χ2v) is 9.93. The van der Waals surface area contributed by atoms with E-state index in [1.54, 1.807) is 16.7 Å². The van der Waals surface area contributed by atoms with Gasteiger partial charge in [-0.1, -0.05) is 53.9 Å². The molecule has 2 aromatic heterocycles. The third-order valence-electron chi connectivity index (χ3n) is 5.02. The Morgan fingerprint density at radius 1 is 1.15 bits per heavy atom. The van der Waals surface area contributed by atoms with Crippen LogP contribution in [-0.2, 0) is 4.79 Å². The summed E-state index contributed by atoms with van der Waals surface area (Å²) in [6.45, 7) is 2.39. The van der Waals surface area contributed by atoms with Gasteiger partial charge in [0.2, 0.25) is 5.91 Å². The summed E-state index contributed by atoms with van der Waals surface area (Å²) in [4.78, 5) is 23.4. The van der Waals surface area contributed by atoms with Crippen LogP contribution in [0.15, 0.2) is 75.3 Å². The monoisotopic (exact) mass is 507 g/mol. The van der Waals surface area contributed by atoms with Crippen molar-refractivity contribution in [2.45, 2.75) is 12.1 Å². The Labute approximate surface area is 209 Å². The number of hydrogen-bond acceptors (Lipinski definition) is 9. The highest BCUT2D eigenvalue weighted by molar-refractivity contribution is 8.15. The first-order valence-corrected chi connectivity index (χ1v) is 13.6. The Balaban J connectivity index is 1.29. The highest BCUT2D eigenvalue weighted by atomic mass is 32.2. The second-order valence-electron chi connectivity index (χ2n) is 7.36. The van der Waals surface area contributed by atoms with Gasteiger partial charge in [0.15, 0.2) is 21.3 Å². The fourth-order valence-electron chi connectivity index (χ4n) is 3.45. The standard InChI is InChI=1S/C23H21N7OS3/c1-15(27-28-23-29(20(31)14-34-23)16-8-4-3-5-9-16)12-24-21-26-19(13-33-21)30-18-11-7-6-10-17(18)25-22(30)32-2/h3-11,13H,12,14H2,1-2H3,(H,24,26). The molecular weight excluding hydrogens is 487 g/mol. The summed E-state index contributed by atoms with van der Waals surface area (Å²) in [5, 5.41) is 16.3. The number of para-hydroxylation sites is 3. The molecule has 1 fully saturated rings. The molecule has 34 heavy (non-hydrogen) atoms. The van der Waals surface area contributed by atoms with E-state index in [2.05, 4.69) is 26.2 Å². The second kappa shape index (κ2) is 10.00. The molecule has 0 radical (unpaired) electrons. The van der Waals surface area contributed by atoms with E-state index in [9.17, 15) is 4.79 Å². The van der Waals surface area contributed by atoms with Crippen molar-refractivity contribution in [1.29, 1.82) is 0 Å². The molecule has 1 saturated heterocycles. The lowest BCUT2D eigenvalue weighted by Crippen LogP contribution is -2.29. The van der Waals surface area contributed by atoms with Crippen LogP contribution in [0.3, 0.4) is 0 Å². The van der Waals surface area contributed by atoms with Gasteiger partial charge in [-0.2, -0.15) is 5.10 Å². The maximum absolute atomic E-state index is 12.3. The molecule has 1 N–H and O–H groups in total. The van der Waals surface area contributed by atoms with Gasteiger partial charge in [0.05, 0.1) is 34.7 Å². The highest BCUT2D eigenvalue weighted by Gasteiger charge is 2.29. The fourth-order valence-corrected chi connectivity index (χ4v) is 5.50. The zero-order chi connectivity index (χ0) is 23.5. The number of anilines is 2. The smallest absolute Gasteiger partial charge is 0.243 e. The number of nitrogens with one attached hydrogen (secondary N) is 1. The number of aromatic nitrogens is 3. The SMILES string of the molecule is CSc1nc2ccccc2n1-c1csc(NCC(C)=NN=C2SCC(=O)N2c2ccccc2)n1. The molecule has 172 valence electrons. The predicted octanol–water partition coefficient (Wildman–Crippen LogP) is 5.13. The Hall–Kier alpha value is -3.15. The van der Waals surface area contributed by atoms with Crippen LogP contribution in [0.4, 0.5) is 10.8 Å². The molecule has 0 saturated carbocycles. The van der Waals surface area contributed by atoms with Crippen LogP contribution < -0.4 is 10.2 Å². The Morgan fingerprint density at radius 3 is 2.76 bits per heavy atom. The Morgan fingerprint density at radius 2 is 1.94 bits per heavy atom. The molecule has 0 bridgehead atoms. The molecule has 0 unspecified atom stereocenters. The maximum Gasteiger partial charge on any atom is 0.243 e. The van der Waals surface area contributed by atoms with Crippen molar-refractivity contribution >= 4 is 73.5 Å². The lowest BCUT2D eigenvalue weighted by Gasteiger charge is -2.14. The summed E-state index contributed by atoms with van der Waals surface area (Å²) < 4.78 is 2.07. The molecule has 5 rings (SSSR count). The quantitative estimate of drug-likeness (QED) is 0.212. The average molecular weight is 508 g/mol. The number of carbonyl (C=O) groups excluding carboxylic acids is 1. The summed E-state index contributed by atoms with van der Waals surface area (Å²) in [5.41, 5.74) is 3.57. The number of rotatable bonds is 7. The van der Waals surface area contributed by atoms with Gasteiger partial charge in [0, 0.05) is 5.38 Å². The predicted molar refractivity (Wildman–Crippen MR) is 144 cm³/mol. The number of amides is 1. The third-order valence-corrected chi connectivity index (χ3v) is 7.36. The number of thioether (sulfide) groups is 2. The summed E-state index contributed by atoms with van der Waals surface area (Å²) in [7, 11) is 0. The first-order chi connectivity index (χ1) is 16.6. The number of nitrogens with zero attached hydrogens (tertiary/aromatic N) is 6. The summed E-state index contributed by atoms with van der Waals surface area (Å²) >= 11 is 4.52. The number of amidine groups is 1. The molecule has 4 aromatic rings. The Kier molecular flexibility index (Phi) is 6.66. The van der Waals surface area contributed by atoms with Gasteiger partial charge in [-0.3, -0.25) is 14.3 Å². The van der Waals surface area contributed by atoms with E-state index in [1.807, 2.05) is 67.1 Å². The summed E-state index contributed by atoms with van der Waals surface area (Å²) in [5.74, 6) is 1.20. The van der Waals surface area contributed by atoms with Gasteiger partial charge in [-0.05, 0) is 37.4 Å². The van der Waals surface area contributed by atoms with Gasteiger partial charge in [-0.25, -0.2) is 9.97 Å². The van der Waals surface area contributed by atoms with Crippen LogP contribution in [0.2, 0.25) is 0 Å². The lowest BCUT2D eigenvalue weighted by atomic mass is 10.3. The van der Waals surface area contributed by atoms with Gasteiger partial charge in [0.1, 0.15) is 0 Å². The summed E-state index contributed by atoms with van der Waals surface area (Å²) in [6, 6.07) is 17.6. The minimum absolute atomic E-state index is 0.00730. The topological polar surface area (TPSA) is 87.8 Å². The maximum atomic E-state index is 12.3. The largest absolute Gasteiger partial charge is 0.356 e. The van der Waals surface area contributed by atoms with Crippen LogP contribution in [0, 0.1) is 0 Å². The molecule has 1 aliphatic heterocycles. The van der Waals surface area contributed by atoms with Crippen molar-refractivity contribution in [2.24, 2.45) is 10.2 Å². The van der Waals surface area contributed by atoms with Gasteiger partial charge < -0.3 is 5.32 Å². The molecule has 8 nitrogen and oxygen atoms in total. The molecule has 1 amide bonds. The van der Waals surface area contributed by atoms with E-state index in [0.29, 0.717) is 17.5 Å². The number of fused-ring (bicyclic) bond motifs is 1. The lowest BCUT2D eigenvalue weighted by molar-refractivity contribution is -0.115. The number of thiazole rings is 1. The number of carbonyl (C=O) groups is 1. The molecule has 11 heteroatoms. The van der Waals surface area contributed by atoms with Crippen LogP contribution in [0.25, 0.3) is 16.9 Å². The van der Waals surface area contributed by atoms with Crippen LogP contribution in [0.1, 0.15) is 6.92 Å². The van der Waals surface area contributed by atoms with Gasteiger partial charge in [0.25, 0.3) is 0 Å². The van der Waals surface area contributed by atoms with Crippen molar-refractivity contribution in [3.63, 3.8) is 0 Å². The first kappa shape index (κ1) is 22.6. The number of hydrogen-bond donors (Lipinski definition) is 1. The van der Waals surface area contributed by atoms with Crippen molar-refractivity contribution in [3.05, 3.63) is 60.0 Å². The minimum Gasteiger partial charge on any atom is -0.356 e. The van der Waals surface area contributed by atoms with E-state index >= 15 is 0 Å². The molecule has 1 aliphatic rings. The van der Waals surface area contributed by atoms with Gasteiger partial charge in [-0.15, -0.1) is 16.4 Å².